The van der Waals surface area contributed by atoms with Gasteiger partial charge >= 0.3 is 5.97 Å². The number of carbonyl (C=O) groups is 2. The average Bonchev–Trinajstić information content (AvgIpc) is 2.89. The van der Waals surface area contributed by atoms with Gasteiger partial charge in [0.1, 0.15) is 24.2 Å². The highest BCUT2D eigenvalue weighted by Crippen LogP contribution is 2.25. The van der Waals surface area contributed by atoms with Gasteiger partial charge in [0.15, 0.2) is 0 Å². The third-order valence-corrected chi connectivity index (χ3v) is 5.86. The van der Waals surface area contributed by atoms with Gasteiger partial charge in [-0.05, 0) is 60.0 Å². The van der Waals surface area contributed by atoms with E-state index in [2.05, 4.69) is 15.6 Å². The van der Waals surface area contributed by atoms with E-state index in [4.69, 9.17) is 9.47 Å². The van der Waals surface area contributed by atoms with Crippen molar-refractivity contribution in [2.45, 2.75) is 32.2 Å². The van der Waals surface area contributed by atoms with Crippen LogP contribution in [0.15, 0.2) is 54.6 Å². The lowest BCUT2D eigenvalue weighted by Gasteiger charge is -2.18. The topological polar surface area (TPSA) is 110 Å². The molecule has 3 aromatic rings. The van der Waals surface area contributed by atoms with Crippen LogP contribution in [0, 0.1) is 5.82 Å². The molecule has 1 aliphatic heterocycles. The van der Waals surface area contributed by atoms with Crippen molar-refractivity contribution >= 4 is 17.6 Å². The average molecular weight is 494 g/mol. The Labute approximate surface area is 208 Å². The van der Waals surface area contributed by atoms with Gasteiger partial charge in [0.05, 0.1) is 12.3 Å². The number of fused-ring (bicyclic) bond motifs is 1. The molecule has 1 aliphatic rings. The molecule has 8 nitrogen and oxygen atoms in total. The smallest absolute Gasteiger partial charge is 0.326 e. The van der Waals surface area contributed by atoms with Gasteiger partial charge in [0, 0.05) is 30.6 Å². The lowest BCUT2D eigenvalue weighted by atomic mass is 10.0. The van der Waals surface area contributed by atoms with Crippen LogP contribution >= 0.6 is 0 Å². The molecule has 1 atom stereocenters. The second-order valence-corrected chi connectivity index (χ2v) is 8.40. The van der Waals surface area contributed by atoms with Crippen molar-refractivity contribution in [3.05, 3.63) is 82.8 Å². The molecule has 9 heteroatoms. The molecular weight excluding hydrogens is 465 g/mol. The van der Waals surface area contributed by atoms with E-state index in [-0.39, 0.29) is 12.0 Å². The number of hydrogen-bond acceptors (Lipinski definition) is 6. The maximum atomic E-state index is 13.5. The van der Waals surface area contributed by atoms with Crippen molar-refractivity contribution in [1.82, 2.24) is 10.3 Å². The predicted octanol–water partition coefficient (Wildman–Crippen LogP) is 3.63. The minimum Gasteiger partial charge on any atom is -0.493 e. The van der Waals surface area contributed by atoms with Crippen LogP contribution in [-0.4, -0.2) is 47.8 Å². The molecule has 2 heterocycles. The Hall–Kier alpha value is -4.14. The molecule has 1 aromatic heterocycles. The molecular formula is C27H28FN3O5. The standard InChI is InChI=1S/C27H28FN3O5/c1-2-18-16-19(28)5-9-22(18)25(32)31-24(27(33)34)15-17-3-7-21(8-4-17)35-13-11-20-6-10-23-26(30-20)36-14-12-29-23/h3-10,16,24,29H,2,11-15H2,1H3,(H,31,32)(H,33,34)/t24-/m0/s1. The number of carboxylic acid groups (broad SMARTS) is 1. The van der Waals surface area contributed by atoms with E-state index in [9.17, 15) is 19.1 Å². The summed E-state index contributed by atoms with van der Waals surface area (Å²) in [4.78, 5) is 29.0. The Bertz CT molecular complexity index is 1230. The van der Waals surface area contributed by atoms with Crippen LogP contribution in [0.1, 0.15) is 34.1 Å². The number of carbonyl (C=O) groups excluding carboxylic acids is 1. The zero-order chi connectivity index (χ0) is 25.5. The molecule has 0 saturated carbocycles. The number of aryl methyl sites for hydroxylation is 1. The number of aliphatic carboxylic acids is 1. The van der Waals surface area contributed by atoms with Gasteiger partial charge in [0.2, 0.25) is 5.88 Å². The molecule has 2 aromatic carbocycles. The van der Waals surface area contributed by atoms with Crippen LogP contribution in [0.4, 0.5) is 10.1 Å². The quantitative estimate of drug-likeness (QED) is 0.396. The van der Waals surface area contributed by atoms with E-state index in [1.807, 2.05) is 12.1 Å². The lowest BCUT2D eigenvalue weighted by molar-refractivity contribution is -0.139. The van der Waals surface area contributed by atoms with Crippen molar-refractivity contribution < 1.29 is 28.6 Å². The van der Waals surface area contributed by atoms with Crippen LogP contribution in [-0.2, 0) is 24.1 Å². The molecule has 0 bridgehead atoms. The summed E-state index contributed by atoms with van der Waals surface area (Å²) in [6, 6.07) is 13.7. The van der Waals surface area contributed by atoms with Crippen LogP contribution in [0.5, 0.6) is 11.6 Å². The molecule has 0 radical (unpaired) electrons. The van der Waals surface area contributed by atoms with E-state index in [1.54, 1.807) is 31.2 Å². The normalized spacial score (nSPS) is 13.1. The molecule has 1 amide bonds. The second kappa shape index (κ2) is 11.5. The van der Waals surface area contributed by atoms with Gasteiger partial charge in [-0.15, -0.1) is 0 Å². The first-order chi connectivity index (χ1) is 17.4. The Balaban J connectivity index is 1.31. The number of ether oxygens (including phenoxy) is 2. The SMILES string of the molecule is CCc1cc(F)ccc1C(=O)N[C@@H](Cc1ccc(OCCc2ccc3c(n2)OCCN3)cc1)C(=O)O. The minimum absolute atomic E-state index is 0.0943. The molecule has 188 valence electrons. The number of halogens is 1. The number of pyridine rings is 1. The fourth-order valence-corrected chi connectivity index (χ4v) is 3.94. The van der Waals surface area contributed by atoms with Crippen molar-refractivity contribution in [2.24, 2.45) is 0 Å². The van der Waals surface area contributed by atoms with Gasteiger partial charge in [0.25, 0.3) is 5.91 Å². The first kappa shape index (κ1) is 25.0. The molecule has 36 heavy (non-hydrogen) atoms. The van der Waals surface area contributed by atoms with Crippen molar-refractivity contribution in [3.8, 4) is 11.6 Å². The number of nitrogens with one attached hydrogen (secondary N) is 2. The Kier molecular flexibility index (Phi) is 7.99. The molecule has 4 rings (SSSR count). The van der Waals surface area contributed by atoms with Gasteiger partial charge in [-0.2, -0.15) is 0 Å². The fraction of sp³-hybridized carbons (Fsp3) is 0.296. The first-order valence-corrected chi connectivity index (χ1v) is 11.8. The van der Waals surface area contributed by atoms with Crippen LogP contribution < -0.4 is 20.1 Å². The maximum absolute atomic E-state index is 13.5. The largest absolute Gasteiger partial charge is 0.493 e. The summed E-state index contributed by atoms with van der Waals surface area (Å²) in [7, 11) is 0. The second-order valence-electron chi connectivity index (χ2n) is 8.40. The van der Waals surface area contributed by atoms with E-state index in [1.165, 1.54) is 18.2 Å². The number of hydrogen-bond donors (Lipinski definition) is 3. The summed E-state index contributed by atoms with van der Waals surface area (Å²) in [5, 5.41) is 15.4. The van der Waals surface area contributed by atoms with Crippen LogP contribution in [0.3, 0.4) is 0 Å². The number of aromatic nitrogens is 1. The summed E-state index contributed by atoms with van der Waals surface area (Å²) in [6.07, 6.45) is 1.15. The first-order valence-electron chi connectivity index (χ1n) is 11.8. The third-order valence-electron chi connectivity index (χ3n) is 5.86. The Morgan fingerprint density at radius 1 is 1.19 bits per heavy atom. The number of amides is 1. The maximum Gasteiger partial charge on any atom is 0.326 e. The van der Waals surface area contributed by atoms with E-state index in [0.29, 0.717) is 43.2 Å². The lowest BCUT2D eigenvalue weighted by Crippen LogP contribution is -2.42. The summed E-state index contributed by atoms with van der Waals surface area (Å²) in [5.41, 5.74) is 3.27. The fourth-order valence-electron chi connectivity index (χ4n) is 3.94. The molecule has 3 N–H and O–H groups in total. The number of anilines is 1. The number of benzene rings is 2. The monoisotopic (exact) mass is 493 g/mol. The number of nitrogens with zero attached hydrogens (tertiary/aromatic N) is 1. The summed E-state index contributed by atoms with van der Waals surface area (Å²) >= 11 is 0. The zero-order valence-corrected chi connectivity index (χ0v) is 19.9. The summed E-state index contributed by atoms with van der Waals surface area (Å²) in [6.45, 7) is 3.58. The highest BCUT2D eigenvalue weighted by molar-refractivity contribution is 5.97. The number of rotatable bonds is 10. The van der Waals surface area contributed by atoms with Crippen molar-refractivity contribution in [2.75, 3.05) is 25.1 Å². The van der Waals surface area contributed by atoms with Gasteiger partial charge in [-0.3, -0.25) is 4.79 Å². The molecule has 0 saturated heterocycles. The molecule has 0 unspecified atom stereocenters. The summed E-state index contributed by atoms with van der Waals surface area (Å²) < 4.78 is 24.9. The van der Waals surface area contributed by atoms with E-state index >= 15 is 0 Å². The van der Waals surface area contributed by atoms with Crippen LogP contribution in [0.2, 0.25) is 0 Å². The number of carboxylic acids is 1. The third kappa shape index (κ3) is 6.29. The zero-order valence-electron chi connectivity index (χ0n) is 19.9. The van der Waals surface area contributed by atoms with Gasteiger partial charge < -0.3 is 25.2 Å². The molecule has 0 spiro atoms. The summed E-state index contributed by atoms with van der Waals surface area (Å²) in [5.74, 6) is -0.888. The predicted molar refractivity (Wildman–Crippen MR) is 132 cm³/mol. The van der Waals surface area contributed by atoms with E-state index < -0.39 is 23.7 Å². The Morgan fingerprint density at radius 2 is 2.00 bits per heavy atom. The molecule has 0 aliphatic carbocycles. The van der Waals surface area contributed by atoms with Gasteiger partial charge in [-0.25, -0.2) is 14.2 Å². The highest BCUT2D eigenvalue weighted by Gasteiger charge is 2.22. The Morgan fingerprint density at radius 3 is 2.75 bits per heavy atom. The van der Waals surface area contributed by atoms with Crippen molar-refractivity contribution in [3.63, 3.8) is 0 Å². The highest BCUT2D eigenvalue weighted by atomic mass is 19.1. The molecule has 0 fully saturated rings. The van der Waals surface area contributed by atoms with Crippen molar-refractivity contribution in [1.29, 1.82) is 0 Å². The van der Waals surface area contributed by atoms with E-state index in [0.717, 1.165) is 23.5 Å². The minimum atomic E-state index is -1.15. The van der Waals surface area contributed by atoms with Crippen LogP contribution in [0.25, 0.3) is 0 Å². The van der Waals surface area contributed by atoms with Gasteiger partial charge in [-0.1, -0.05) is 19.1 Å².